The highest BCUT2D eigenvalue weighted by atomic mass is 16.5. The minimum absolute atomic E-state index is 0.0576. The van der Waals surface area contributed by atoms with E-state index >= 15 is 0 Å². The number of nitrogens with one attached hydrogen (secondary N) is 1. The fraction of sp³-hybridized carbons (Fsp3) is 0.394. The van der Waals surface area contributed by atoms with Gasteiger partial charge in [-0.1, -0.05) is 25.9 Å². The minimum atomic E-state index is -0.166. The third-order valence-electron chi connectivity index (χ3n) is 8.30. The number of aryl methyl sites for hydroxylation is 3. The van der Waals surface area contributed by atoms with Crippen molar-refractivity contribution in [3.63, 3.8) is 0 Å². The number of benzene rings is 2. The molecule has 1 amide bonds. The third kappa shape index (κ3) is 4.81. The van der Waals surface area contributed by atoms with Crippen molar-refractivity contribution in [3.05, 3.63) is 58.7 Å². The zero-order chi connectivity index (χ0) is 29.9. The van der Waals surface area contributed by atoms with Gasteiger partial charge in [-0.2, -0.15) is 0 Å². The first-order valence-corrected chi connectivity index (χ1v) is 14.4. The summed E-state index contributed by atoms with van der Waals surface area (Å²) in [6.45, 7) is 15.4. The van der Waals surface area contributed by atoms with Crippen LogP contribution in [-0.4, -0.2) is 76.2 Å². The highest BCUT2D eigenvalue weighted by Crippen LogP contribution is 2.42. The number of ether oxygens (including phenoxy) is 1. The number of H-pyrrole nitrogens is 1. The maximum atomic E-state index is 13.8. The van der Waals surface area contributed by atoms with Gasteiger partial charge in [-0.25, -0.2) is 9.97 Å². The summed E-state index contributed by atoms with van der Waals surface area (Å²) < 4.78 is 11.3. The van der Waals surface area contributed by atoms with Gasteiger partial charge in [-0.05, 0) is 69.1 Å². The van der Waals surface area contributed by atoms with E-state index in [0.29, 0.717) is 17.1 Å². The molecule has 9 heteroatoms. The Morgan fingerprint density at radius 3 is 2.38 bits per heavy atom. The van der Waals surface area contributed by atoms with Gasteiger partial charge in [0.05, 0.1) is 29.4 Å². The van der Waals surface area contributed by atoms with Crippen molar-refractivity contribution in [2.75, 3.05) is 40.3 Å². The van der Waals surface area contributed by atoms with E-state index in [1.165, 1.54) is 0 Å². The summed E-state index contributed by atoms with van der Waals surface area (Å²) in [5.41, 5.74) is 7.54. The second-order valence-corrected chi connectivity index (χ2v) is 12.4. The molecule has 9 nitrogen and oxygen atoms in total. The van der Waals surface area contributed by atoms with Crippen LogP contribution in [-0.2, 0) is 5.41 Å². The Labute approximate surface area is 245 Å². The molecule has 1 aliphatic heterocycles. The fourth-order valence-corrected chi connectivity index (χ4v) is 5.89. The lowest BCUT2D eigenvalue weighted by Crippen LogP contribution is -2.47. The van der Waals surface area contributed by atoms with E-state index in [2.05, 4.69) is 55.0 Å². The van der Waals surface area contributed by atoms with Crippen LogP contribution in [0.5, 0.6) is 5.75 Å². The zero-order valence-electron chi connectivity index (χ0n) is 25.7. The molecular formula is C33H38N6O3. The Kier molecular flexibility index (Phi) is 6.80. The van der Waals surface area contributed by atoms with Crippen molar-refractivity contribution in [2.24, 2.45) is 0 Å². The molecule has 0 atom stereocenters. The maximum absolute atomic E-state index is 13.8. The summed E-state index contributed by atoms with van der Waals surface area (Å²) in [5, 5.41) is 5.98. The second kappa shape index (κ2) is 10.2. The molecule has 0 radical (unpaired) electrons. The van der Waals surface area contributed by atoms with Crippen LogP contribution in [0.2, 0.25) is 0 Å². The second-order valence-electron chi connectivity index (χ2n) is 12.4. The highest BCUT2D eigenvalue weighted by Gasteiger charge is 2.26. The van der Waals surface area contributed by atoms with Crippen LogP contribution < -0.4 is 4.74 Å². The average Bonchev–Trinajstić information content (AvgIpc) is 3.48. The SMILES string of the molecule is COc1cc2c(cc1-c1c(C)noc1C)[nH]c1nc(C)nc(-c3cc(C(=O)N4CCN(C)CC4)cc(C(C)(C)C)c3)c12. The standard InChI is InChI=1S/C33H38N6O3/c1-18-28(19(2)42-37-18)25-16-26-24(17-27(25)41-8)29-30(34-20(3)35-31(29)36-26)21-13-22(15-23(14-21)33(4,5)6)32(40)39-11-9-38(7)10-12-39/h13-17H,9-12H2,1-8H3,(H,34,35,36). The van der Waals surface area contributed by atoms with Crippen molar-refractivity contribution in [3.8, 4) is 28.1 Å². The largest absolute Gasteiger partial charge is 0.496 e. The Hall–Kier alpha value is -4.24. The predicted octanol–water partition coefficient (Wildman–Crippen LogP) is 6.05. The molecule has 2 aromatic carbocycles. The number of nitrogens with zero attached hydrogens (tertiary/aromatic N) is 5. The molecule has 0 saturated carbocycles. The molecule has 218 valence electrons. The number of carbonyl (C=O) groups excluding carboxylic acids is 1. The van der Waals surface area contributed by atoms with Crippen LogP contribution in [0.25, 0.3) is 44.3 Å². The van der Waals surface area contributed by atoms with E-state index in [1.54, 1.807) is 7.11 Å². The average molecular weight is 567 g/mol. The summed E-state index contributed by atoms with van der Waals surface area (Å²) >= 11 is 0. The van der Waals surface area contributed by atoms with Gasteiger partial charge in [-0.3, -0.25) is 4.79 Å². The van der Waals surface area contributed by atoms with Gasteiger partial charge in [0, 0.05) is 53.8 Å². The van der Waals surface area contributed by atoms with Gasteiger partial charge in [0.1, 0.15) is 23.0 Å². The number of aromatic amines is 1. The number of amides is 1. The van der Waals surface area contributed by atoms with Crippen LogP contribution >= 0.6 is 0 Å². The van der Waals surface area contributed by atoms with E-state index in [1.807, 2.05) is 43.9 Å². The molecule has 0 unspecified atom stereocenters. The normalized spacial score (nSPS) is 14.7. The Balaban J connectivity index is 1.57. The molecule has 0 spiro atoms. The Morgan fingerprint density at radius 2 is 1.74 bits per heavy atom. The minimum Gasteiger partial charge on any atom is -0.496 e. The van der Waals surface area contributed by atoms with Crippen LogP contribution in [0.15, 0.2) is 34.9 Å². The maximum Gasteiger partial charge on any atom is 0.253 e. The van der Waals surface area contributed by atoms with Gasteiger partial charge in [0.2, 0.25) is 0 Å². The molecule has 1 fully saturated rings. The smallest absolute Gasteiger partial charge is 0.253 e. The first-order chi connectivity index (χ1) is 19.9. The molecule has 6 rings (SSSR count). The predicted molar refractivity (Wildman–Crippen MR) is 165 cm³/mol. The van der Waals surface area contributed by atoms with E-state index in [0.717, 1.165) is 87.5 Å². The number of rotatable bonds is 4. The Bertz CT molecular complexity index is 1820. The summed E-state index contributed by atoms with van der Waals surface area (Å²) in [6, 6.07) is 10.3. The van der Waals surface area contributed by atoms with Gasteiger partial charge in [0.25, 0.3) is 5.91 Å². The van der Waals surface area contributed by atoms with E-state index in [9.17, 15) is 4.79 Å². The van der Waals surface area contributed by atoms with Gasteiger partial charge < -0.3 is 24.0 Å². The molecule has 3 aromatic heterocycles. The van der Waals surface area contributed by atoms with Crippen LogP contribution in [0, 0.1) is 20.8 Å². The first-order valence-electron chi connectivity index (χ1n) is 14.4. The molecule has 0 aliphatic carbocycles. The third-order valence-corrected chi connectivity index (χ3v) is 8.30. The number of aromatic nitrogens is 4. The molecule has 42 heavy (non-hydrogen) atoms. The summed E-state index contributed by atoms with van der Waals surface area (Å²) in [6.07, 6.45) is 0. The number of fused-ring (bicyclic) bond motifs is 3. The number of methoxy groups -OCH3 is 1. The lowest BCUT2D eigenvalue weighted by molar-refractivity contribution is 0.0664. The molecule has 0 bridgehead atoms. The summed E-state index contributed by atoms with van der Waals surface area (Å²) in [7, 11) is 3.76. The lowest BCUT2D eigenvalue weighted by Gasteiger charge is -2.33. The topological polar surface area (TPSA) is 100 Å². The molecule has 5 aromatic rings. The van der Waals surface area contributed by atoms with E-state index < -0.39 is 0 Å². The quantitative estimate of drug-likeness (QED) is 0.283. The summed E-state index contributed by atoms with van der Waals surface area (Å²) in [4.78, 5) is 31.3. The van der Waals surface area contributed by atoms with Crippen molar-refractivity contribution >= 4 is 27.8 Å². The van der Waals surface area contributed by atoms with Gasteiger partial charge >= 0.3 is 0 Å². The van der Waals surface area contributed by atoms with Crippen molar-refractivity contribution in [1.82, 2.24) is 29.9 Å². The number of likely N-dealkylation sites (N-methyl/N-ethyl adjacent to an activating group) is 1. The Morgan fingerprint density at radius 1 is 1.00 bits per heavy atom. The first kappa shape index (κ1) is 27.9. The molecule has 1 N–H and O–H groups in total. The number of hydrogen-bond donors (Lipinski definition) is 1. The van der Waals surface area contributed by atoms with Crippen LogP contribution in [0.1, 0.15) is 54.0 Å². The monoisotopic (exact) mass is 566 g/mol. The van der Waals surface area contributed by atoms with E-state index in [4.69, 9.17) is 19.2 Å². The van der Waals surface area contributed by atoms with Crippen molar-refractivity contribution in [1.29, 1.82) is 0 Å². The van der Waals surface area contributed by atoms with Crippen molar-refractivity contribution < 1.29 is 14.1 Å². The van der Waals surface area contributed by atoms with Gasteiger partial charge in [-0.15, -0.1) is 0 Å². The summed E-state index contributed by atoms with van der Waals surface area (Å²) in [5.74, 6) is 2.14. The number of piperazine rings is 1. The number of carbonyl (C=O) groups is 1. The highest BCUT2D eigenvalue weighted by molar-refractivity contribution is 6.14. The van der Waals surface area contributed by atoms with Crippen molar-refractivity contribution in [2.45, 2.75) is 47.0 Å². The molecule has 1 saturated heterocycles. The van der Waals surface area contributed by atoms with Crippen LogP contribution in [0.3, 0.4) is 0 Å². The van der Waals surface area contributed by atoms with Crippen LogP contribution in [0.4, 0.5) is 0 Å². The zero-order valence-corrected chi connectivity index (χ0v) is 25.7. The number of hydrogen-bond acceptors (Lipinski definition) is 7. The molecular weight excluding hydrogens is 528 g/mol. The fourth-order valence-electron chi connectivity index (χ4n) is 5.89. The molecule has 1 aliphatic rings. The molecule has 4 heterocycles. The lowest BCUT2D eigenvalue weighted by atomic mass is 9.84. The van der Waals surface area contributed by atoms with Gasteiger partial charge in [0.15, 0.2) is 0 Å². The van der Waals surface area contributed by atoms with E-state index in [-0.39, 0.29) is 11.3 Å².